The number of hydrogen-bond acceptors (Lipinski definition) is 3. The highest BCUT2D eigenvalue weighted by Gasteiger charge is 2.16. The van der Waals surface area contributed by atoms with Gasteiger partial charge in [-0.3, -0.25) is 14.6 Å². The number of benzene rings is 1. The molecular weight excluding hydrogens is 314 g/mol. The monoisotopic (exact) mass is 339 g/mol. The Balaban J connectivity index is 1.99. The van der Waals surface area contributed by atoms with Crippen LogP contribution in [0.25, 0.3) is 0 Å². The lowest BCUT2D eigenvalue weighted by molar-refractivity contribution is -0.116. The zero-order valence-corrected chi connectivity index (χ0v) is 15.2. The van der Waals surface area contributed by atoms with Crippen LogP contribution in [0, 0.1) is 0 Å². The first-order valence-electron chi connectivity index (χ1n) is 8.36. The lowest BCUT2D eigenvalue weighted by atomic mass is 9.87. The van der Waals surface area contributed by atoms with Gasteiger partial charge < -0.3 is 10.2 Å². The van der Waals surface area contributed by atoms with Crippen LogP contribution in [0.15, 0.2) is 48.8 Å². The number of hydrogen-bond donors (Lipinski definition) is 1. The Bertz CT molecular complexity index is 719. The van der Waals surface area contributed by atoms with Crippen LogP contribution < -0.4 is 10.2 Å². The number of anilines is 1. The van der Waals surface area contributed by atoms with Gasteiger partial charge >= 0.3 is 0 Å². The normalized spacial score (nSPS) is 11.0. The molecule has 132 valence electrons. The van der Waals surface area contributed by atoms with E-state index in [9.17, 15) is 9.59 Å². The molecule has 1 N–H and O–H groups in total. The molecule has 2 aromatic rings. The van der Waals surface area contributed by atoms with Crippen molar-refractivity contribution < 1.29 is 9.59 Å². The Kier molecular flexibility index (Phi) is 5.91. The Morgan fingerprint density at radius 1 is 1.12 bits per heavy atom. The Morgan fingerprint density at radius 3 is 2.32 bits per heavy atom. The molecule has 2 amide bonds. The highest BCUT2D eigenvalue weighted by Crippen LogP contribution is 2.24. The van der Waals surface area contributed by atoms with Gasteiger partial charge in [0, 0.05) is 38.1 Å². The fraction of sp³-hybridized carbons (Fsp3) is 0.350. The van der Waals surface area contributed by atoms with E-state index in [0.717, 1.165) is 5.69 Å². The van der Waals surface area contributed by atoms with Gasteiger partial charge in [-0.15, -0.1) is 0 Å². The molecule has 25 heavy (non-hydrogen) atoms. The average Bonchev–Trinajstić information content (AvgIpc) is 2.58. The van der Waals surface area contributed by atoms with E-state index in [1.807, 2.05) is 24.3 Å². The second kappa shape index (κ2) is 7.92. The van der Waals surface area contributed by atoms with Gasteiger partial charge in [-0.2, -0.15) is 0 Å². The maximum atomic E-state index is 12.0. The fourth-order valence-corrected chi connectivity index (χ4v) is 2.49. The summed E-state index contributed by atoms with van der Waals surface area (Å²) in [6, 6.07) is 11.4. The standard InChI is InChI=1S/C20H25N3O2/c1-15(24)23(18-9-7-17(8-10-18)20(2,3)4)13-12-22-19(25)16-6-5-11-21-14-16/h5-11,14H,12-13H2,1-4H3,(H,22,25). The summed E-state index contributed by atoms with van der Waals surface area (Å²) in [6.07, 6.45) is 3.14. The lowest BCUT2D eigenvalue weighted by Crippen LogP contribution is -2.37. The van der Waals surface area contributed by atoms with Crippen molar-refractivity contribution in [2.75, 3.05) is 18.0 Å². The van der Waals surface area contributed by atoms with Crippen LogP contribution in [0.1, 0.15) is 43.6 Å². The second-order valence-electron chi connectivity index (χ2n) is 6.97. The summed E-state index contributed by atoms with van der Waals surface area (Å²) in [5.41, 5.74) is 2.62. The molecule has 0 spiro atoms. The van der Waals surface area contributed by atoms with Gasteiger partial charge in [0.15, 0.2) is 0 Å². The number of nitrogens with zero attached hydrogens (tertiary/aromatic N) is 2. The summed E-state index contributed by atoms with van der Waals surface area (Å²) in [5, 5.41) is 2.82. The third-order valence-corrected chi connectivity index (χ3v) is 3.97. The number of aromatic nitrogens is 1. The van der Waals surface area contributed by atoms with Crippen LogP contribution in [0.4, 0.5) is 5.69 Å². The molecule has 0 aliphatic rings. The summed E-state index contributed by atoms with van der Waals surface area (Å²) >= 11 is 0. The minimum Gasteiger partial charge on any atom is -0.350 e. The predicted molar refractivity (Wildman–Crippen MR) is 99.7 cm³/mol. The zero-order chi connectivity index (χ0) is 18.4. The van der Waals surface area contributed by atoms with E-state index in [-0.39, 0.29) is 17.2 Å². The molecular formula is C20H25N3O2. The van der Waals surface area contributed by atoms with Gasteiger partial charge in [0.05, 0.1) is 5.56 Å². The lowest BCUT2D eigenvalue weighted by Gasteiger charge is -2.24. The molecule has 0 aliphatic heterocycles. The minimum atomic E-state index is -0.195. The summed E-state index contributed by atoms with van der Waals surface area (Å²) in [5.74, 6) is -0.251. The molecule has 5 nitrogen and oxygen atoms in total. The molecule has 0 aliphatic carbocycles. The Morgan fingerprint density at radius 2 is 1.80 bits per heavy atom. The molecule has 1 heterocycles. The van der Waals surface area contributed by atoms with E-state index in [0.29, 0.717) is 18.7 Å². The van der Waals surface area contributed by atoms with Crippen LogP contribution in [-0.4, -0.2) is 29.9 Å². The van der Waals surface area contributed by atoms with Gasteiger partial charge in [0.2, 0.25) is 5.91 Å². The molecule has 0 unspecified atom stereocenters. The van der Waals surface area contributed by atoms with Gasteiger partial charge in [-0.1, -0.05) is 32.9 Å². The Hall–Kier alpha value is -2.69. The van der Waals surface area contributed by atoms with Crippen molar-refractivity contribution in [1.29, 1.82) is 0 Å². The van der Waals surface area contributed by atoms with E-state index in [1.54, 1.807) is 23.2 Å². The number of rotatable bonds is 5. The van der Waals surface area contributed by atoms with Gasteiger partial charge in [0.25, 0.3) is 5.91 Å². The first-order valence-corrected chi connectivity index (χ1v) is 8.36. The molecule has 0 fully saturated rings. The van der Waals surface area contributed by atoms with E-state index in [2.05, 4.69) is 31.1 Å². The smallest absolute Gasteiger partial charge is 0.252 e. The van der Waals surface area contributed by atoms with Gasteiger partial charge in [-0.25, -0.2) is 0 Å². The highest BCUT2D eigenvalue weighted by atomic mass is 16.2. The molecule has 2 rings (SSSR count). The third kappa shape index (κ3) is 5.14. The third-order valence-electron chi connectivity index (χ3n) is 3.97. The molecule has 1 aromatic carbocycles. The predicted octanol–water partition coefficient (Wildman–Crippen LogP) is 3.16. The number of amides is 2. The van der Waals surface area contributed by atoms with Crippen LogP contribution in [0.3, 0.4) is 0 Å². The number of nitrogens with one attached hydrogen (secondary N) is 1. The first kappa shape index (κ1) is 18.6. The SMILES string of the molecule is CC(=O)N(CCNC(=O)c1cccnc1)c1ccc(C(C)(C)C)cc1. The van der Waals surface area contributed by atoms with Crippen molar-refractivity contribution in [3.63, 3.8) is 0 Å². The van der Waals surface area contributed by atoms with Crippen molar-refractivity contribution in [1.82, 2.24) is 10.3 Å². The van der Waals surface area contributed by atoms with E-state index >= 15 is 0 Å². The van der Waals surface area contributed by atoms with E-state index in [4.69, 9.17) is 0 Å². The van der Waals surface area contributed by atoms with Crippen molar-refractivity contribution in [3.8, 4) is 0 Å². The summed E-state index contributed by atoms with van der Waals surface area (Å²) in [6.45, 7) is 8.77. The van der Waals surface area contributed by atoms with Crippen molar-refractivity contribution in [2.24, 2.45) is 0 Å². The molecule has 0 radical (unpaired) electrons. The van der Waals surface area contributed by atoms with E-state index in [1.165, 1.54) is 18.7 Å². The summed E-state index contributed by atoms with van der Waals surface area (Å²) in [7, 11) is 0. The summed E-state index contributed by atoms with van der Waals surface area (Å²) in [4.78, 5) is 29.6. The molecule has 0 saturated heterocycles. The maximum Gasteiger partial charge on any atom is 0.252 e. The quantitative estimate of drug-likeness (QED) is 0.910. The molecule has 0 atom stereocenters. The van der Waals surface area contributed by atoms with Crippen LogP contribution in [0.2, 0.25) is 0 Å². The highest BCUT2D eigenvalue weighted by molar-refractivity contribution is 5.94. The summed E-state index contributed by atoms with van der Waals surface area (Å²) < 4.78 is 0. The first-order chi connectivity index (χ1) is 11.8. The number of carbonyl (C=O) groups excluding carboxylic acids is 2. The molecule has 0 saturated carbocycles. The largest absolute Gasteiger partial charge is 0.350 e. The van der Waals surface area contributed by atoms with Crippen LogP contribution in [-0.2, 0) is 10.2 Å². The van der Waals surface area contributed by atoms with Crippen molar-refractivity contribution in [2.45, 2.75) is 33.1 Å². The van der Waals surface area contributed by atoms with Crippen LogP contribution >= 0.6 is 0 Å². The Labute approximate surface area is 149 Å². The number of carbonyl (C=O) groups is 2. The van der Waals surface area contributed by atoms with Gasteiger partial charge in [0.1, 0.15) is 0 Å². The second-order valence-corrected chi connectivity index (χ2v) is 6.97. The minimum absolute atomic E-state index is 0.0564. The zero-order valence-electron chi connectivity index (χ0n) is 15.2. The molecule has 5 heteroatoms. The fourth-order valence-electron chi connectivity index (χ4n) is 2.49. The number of pyridine rings is 1. The van der Waals surface area contributed by atoms with Gasteiger partial charge in [-0.05, 0) is 35.2 Å². The topological polar surface area (TPSA) is 62.3 Å². The van der Waals surface area contributed by atoms with E-state index < -0.39 is 0 Å². The van der Waals surface area contributed by atoms with Crippen molar-refractivity contribution in [3.05, 3.63) is 59.9 Å². The van der Waals surface area contributed by atoms with Crippen LogP contribution in [0.5, 0.6) is 0 Å². The maximum absolute atomic E-state index is 12.0. The molecule has 1 aromatic heterocycles. The average molecular weight is 339 g/mol. The molecule has 0 bridgehead atoms. The van der Waals surface area contributed by atoms with Crippen molar-refractivity contribution >= 4 is 17.5 Å².